The number of H-pyrrole nitrogens is 1. The molecule has 2 aromatic heterocycles. The highest BCUT2D eigenvalue weighted by atomic mass is 19.1. The fourth-order valence-electron chi connectivity index (χ4n) is 1.81. The van der Waals surface area contributed by atoms with Crippen molar-refractivity contribution in [3.8, 4) is 5.69 Å². The number of nitrogens with one attached hydrogen (secondary N) is 1. The van der Waals surface area contributed by atoms with Crippen molar-refractivity contribution in [2.75, 3.05) is 0 Å². The molecule has 0 aliphatic carbocycles. The zero-order chi connectivity index (χ0) is 11.8. The molecule has 0 aliphatic heterocycles. The van der Waals surface area contributed by atoms with Gasteiger partial charge in [0, 0.05) is 0 Å². The summed E-state index contributed by atoms with van der Waals surface area (Å²) >= 11 is 0. The number of hydrogen-bond donors (Lipinski definition) is 1. The Morgan fingerprint density at radius 1 is 1.18 bits per heavy atom. The minimum absolute atomic E-state index is 0.264. The van der Waals surface area contributed by atoms with Gasteiger partial charge in [-0.05, 0) is 24.3 Å². The van der Waals surface area contributed by atoms with Gasteiger partial charge in [0.15, 0.2) is 0 Å². The van der Waals surface area contributed by atoms with Crippen LogP contribution in [0.25, 0.3) is 16.7 Å². The third-order valence-electron chi connectivity index (χ3n) is 2.56. The second-order valence-corrected chi connectivity index (χ2v) is 3.62. The van der Waals surface area contributed by atoms with Crippen molar-refractivity contribution < 1.29 is 4.39 Å². The van der Waals surface area contributed by atoms with E-state index in [2.05, 4.69) is 9.97 Å². The van der Waals surface area contributed by atoms with E-state index < -0.39 is 5.95 Å². The molecule has 0 radical (unpaired) electrons. The molecule has 3 aromatic rings. The summed E-state index contributed by atoms with van der Waals surface area (Å²) in [6.07, 6.45) is 1.33. The molecule has 0 saturated carbocycles. The van der Waals surface area contributed by atoms with Crippen LogP contribution < -0.4 is 5.69 Å². The summed E-state index contributed by atoms with van der Waals surface area (Å²) in [4.78, 5) is 18.1. The normalized spacial score (nSPS) is 10.9. The van der Waals surface area contributed by atoms with E-state index in [9.17, 15) is 9.18 Å². The molecule has 0 unspecified atom stereocenters. The highest BCUT2D eigenvalue weighted by molar-refractivity contribution is 5.76. The molecule has 0 spiro atoms. The summed E-state index contributed by atoms with van der Waals surface area (Å²) in [5.41, 5.74) is 1.75. The first-order valence-electron chi connectivity index (χ1n) is 5.07. The molecule has 17 heavy (non-hydrogen) atoms. The Morgan fingerprint density at radius 2 is 2.00 bits per heavy atom. The predicted molar refractivity (Wildman–Crippen MR) is 61.6 cm³/mol. The lowest BCUT2D eigenvalue weighted by Gasteiger charge is -2.01. The van der Waals surface area contributed by atoms with Gasteiger partial charge < -0.3 is 4.98 Å². The molecule has 2 heterocycles. The zero-order valence-electron chi connectivity index (χ0n) is 8.72. The van der Waals surface area contributed by atoms with Crippen LogP contribution in [0.15, 0.2) is 47.4 Å². The van der Waals surface area contributed by atoms with Crippen molar-refractivity contribution in [1.29, 1.82) is 0 Å². The van der Waals surface area contributed by atoms with Gasteiger partial charge in [-0.1, -0.05) is 12.1 Å². The molecule has 1 N–H and O–H groups in total. The Balaban J connectivity index is 2.33. The number of aromatic amines is 1. The molecule has 0 fully saturated rings. The SMILES string of the molecule is O=c1[nH]c2ccccc2n1-c1ccc(F)nc1. The van der Waals surface area contributed by atoms with E-state index in [4.69, 9.17) is 0 Å². The van der Waals surface area contributed by atoms with Gasteiger partial charge in [0.2, 0.25) is 5.95 Å². The van der Waals surface area contributed by atoms with Crippen LogP contribution in [0.2, 0.25) is 0 Å². The first-order chi connectivity index (χ1) is 8.25. The van der Waals surface area contributed by atoms with Crippen LogP contribution in [0.3, 0.4) is 0 Å². The van der Waals surface area contributed by atoms with Crippen molar-refractivity contribution in [2.24, 2.45) is 0 Å². The molecule has 0 aliphatic rings. The van der Waals surface area contributed by atoms with E-state index in [0.29, 0.717) is 5.69 Å². The van der Waals surface area contributed by atoms with Gasteiger partial charge in [-0.25, -0.2) is 9.78 Å². The molecule has 0 saturated heterocycles. The minimum Gasteiger partial charge on any atom is -0.305 e. The topological polar surface area (TPSA) is 50.7 Å². The van der Waals surface area contributed by atoms with E-state index in [1.807, 2.05) is 24.3 Å². The van der Waals surface area contributed by atoms with Crippen LogP contribution in [0.1, 0.15) is 0 Å². The van der Waals surface area contributed by atoms with Crippen LogP contribution in [0, 0.1) is 5.95 Å². The Kier molecular flexibility index (Phi) is 2.04. The summed E-state index contributed by atoms with van der Waals surface area (Å²) < 4.78 is 14.2. The van der Waals surface area contributed by atoms with Gasteiger partial charge in [-0.2, -0.15) is 4.39 Å². The smallest absolute Gasteiger partial charge is 0.305 e. The van der Waals surface area contributed by atoms with Crippen molar-refractivity contribution >= 4 is 11.0 Å². The Hall–Kier alpha value is -2.43. The van der Waals surface area contributed by atoms with Crippen molar-refractivity contribution in [3.05, 3.63) is 59.0 Å². The molecule has 1 aromatic carbocycles. The Labute approximate surface area is 95.4 Å². The van der Waals surface area contributed by atoms with Crippen LogP contribution in [0.5, 0.6) is 0 Å². The number of rotatable bonds is 1. The number of hydrogen-bond acceptors (Lipinski definition) is 2. The Bertz CT molecular complexity index is 727. The molecular formula is C12H8FN3O. The molecule has 5 heteroatoms. The van der Waals surface area contributed by atoms with E-state index in [-0.39, 0.29) is 5.69 Å². The summed E-state index contributed by atoms with van der Waals surface area (Å²) in [5.74, 6) is -0.568. The maximum absolute atomic E-state index is 12.7. The van der Waals surface area contributed by atoms with Crippen molar-refractivity contribution in [2.45, 2.75) is 0 Å². The second-order valence-electron chi connectivity index (χ2n) is 3.62. The summed E-state index contributed by atoms with van der Waals surface area (Å²) in [5, 5.41) is 0. The zero-order valence-corrected chi connectivity index (χ0v) is 8.72. The predicted octanol–water partition coefficient (Wildman–Crippen LogP) is 1.85. The number of fused-ring (bicyclic) bond motifs is 1. The molecule has 0 atom stereocenters. The number of halogens is 1. The summed E-state index contributed by atoms with van der Waals surface area (Å²) in [7, 11) is 0. The molecule has 84 valence electrons. The lowest BCUT2D eigenvalue weighted by molar-refractivity contribution is 0.583. The third kappa shape index (κ3) is 1.52. The maximum atomic E-state index is 12.7. The fourth-order valence-corrected chi connectivity index (χ4v) is 1.81. The number of pyridine rings is 1. The Morgan fingerprint density at radius 3 is 2.76 bits per heavy atom. The molecule has 4 nitrogen and oxygen atoms in total. The summed E-state index contributed by atoms with van der Waals surface area (Å²) in [6.45, 7) is 0. The molecular weight excluding hydrogens is 221 g/mol. The highest BCUT2D eigenvalue weighted by Crippen LogP contribution is 2.14. The van der Waals surface area contributed by atoms with Gasteiger partial charge in [0.25, 0.3) is 0 Å². The standard InChI is InChI=1S/C12H8FN3O/c13-11-6-5-8(7-14-11)16-10-4-2-1-3-9(10)15-12(16)17/h1-7H,(H,15,17). The van der Waals surface area contributed by atoms with Crippen molar-refractivity contribution in [1.82, 2.24) is 14.5 Å². The van der Waals surface area contributed by atoms with Gasteiger partial charge in [-0.15, -0.1) is 0 Å². The highest BCUT2D eigenvalue weighted by Gasteiger charge is 2.07. The summed E-state index contributed by atoms with van der Waals surface area (Å²) in [6, 6.07) is 10.0. The van der Waals surface area contributed by atoms with Gasteiger partial charge >= 0.3 is 5.69 Å². The number of imidazole rings is 1. The molecule has 3 rings (SSSR count). The van der Waals surface area contributed by atoms with Gasteiger partial charge in [0.1, 0.15) is 0 Å². The first kappa shape index (κ1) is 9.77. The third-order valence-corrected chi connectivity index (χ3v) is 2.56. The number of benzene rings is 1. The number of para-hydroxylation sites is 2. The molecule has 0 amide bonds. The quantitative estimate of drug-likeness (QED) is 0.647. The number of aromatic nitrogens is 3. The number of nitrogens with zero attached hydrogens (tertiary/aromatic N) is 2. The van der Waals surface area contributed by atoms with E-state index in [0.717, 1.165) is 11.0 Å². The lowest BCUT2D eigenvalue weighted by atomic mass is 10.3. The lowest BCUT2D eigenvalue weighted by Crippen LogP contribution is -2.14. The maximum Gasteiger partial charge on any atom is 0.331 e. The van der Waals surface area contributed by atoms with E-state index >= 15 is 0 Å². The van der Waals surface area contributed by atoms with Gasteiger partial charge in [-0.3, -0.25) is 4.57 Å². The van der Waals surface area contributed by atoms with E-state index in [1.54, 1.807) is 0 Å². The fraction of sp³-hybridized carbons (Fsp3) is 0. The monoisotopic (exact) mass is 229 g/mol. The van der Waals surface area contributed by atoms with Crippen LogP contribution in [0.4, 0.5) is 4.39 Å². The average Bonchev–Trinajstić information content (AvgIpc) is 2.66. The minimum atomic E-state index is -0.568. The van der Waals surface area contributed by atoms with Crippen LogP contribution >= 0.6 is 0 Å². The molecule has 0 bridgehead atoms. The van der Waals surface area contributed by atoms with E-state index in [1.165, 1.54) is 22.9 Å². The first-order valence-corrected chi connectivity index (χ1v) is 5.07. The van der Waals surface area contributed by atoms with Gasteiger partial charge in [0.05, 0.1) is 22.9 Å². The van der Waals surface area contributed by atoms with Crippen LogP contribution in [-0.2, 0) is 0 Å². The largest absolute Gasteiger partial charge is 0.331 e. The van der Waals surface area contributed by atoms with Crippen LogP contribution in [-0.4, -0.2) is 14.5 Å². The average molecular weight is 229 g/mol. The second kappa shape index (κ2) is 3.55. The van der Waals surface area contributed by atoms with Crippen molar-refractivity contribution in [3.63, 3.8) is 0 Å².